The first-order valence-electron chi connectivity index (χ1n) is 7.66. The Balaban J connectivity index is 1.91. The first-order valence-corrected chi connectivity index (χ1v) is 7.66. The normalized spacial score (nSPS) is 11.4. The molecule has 7 heteroatoms. The highest BCUT2D eigenvalue weighted by atomic mass is 16.5. The maximum atomic E-state index is 11.9. The second-order valence-corrected chi connectivity index (χ2v) is 5.41. The zero-order chi connectivity index (χ0) is 18.2. The van der Waals surface area contributed by atoms with Crippen molar-refractivity contribution in [3.05, 3.63) is 70.1 Å². The molecule has 1 atom stereocenters. The third kappa shape index (κ3) is 5.42. The van der Waals surface area contributed by atoms with Gasteiger partial charge in [0.25, 0.3) is 11.5 Å². The number of ketones is 1. The van der Waals surface area contributed by atoms with Crippen molar-refractivity contribution in [1.29, 1.82) is 0 Å². The summed E-state index contributed by atoms with van der Waals surface area (Å²) in [6.07, 6.45) is 1.72. The van der Waals surface area contributed by atoms with Crippen molar-refractivity contribution in [2.75, 3.05) is 6.61 Å². The predicted octanol–water partition coefficient (Wildman–Crippen LogP) is 0.848. The Morgan fingerprint density at radius 1 is 1.12 bits per heavy atom. The first-order chi connectivity index (χ1) is 12.0. The zero-order valence-corrected chi connectivity index (χ0v) is 13.7. The van der Waals surface area contributed by atoms with E-state index in [1.807, 2.05) is 30.3 Å². The number of carbonyl (C=O) groups is 3. The van der Waals surface area contributed by atoms with Crippen LogP contribution < -0.4 is 10.9 Å². The monoisotopic (exact) mass is 342 g/mol. The molecule has 0 saturated heterocycles. The van der Waals surface area contributed by atoms with Gasteiger partial charge in [-0.1, -0.05) is 30.3 Å². The summed E-state index contributed by atoms with van der Waals surface area (Å²) in [5, 5.41) is 2.53. The highest BCUT2D eigenvalue weighted by molar-refractivity contribution is 5.92. The maximum absolute atomic E-state index is 11.9. The van der Waals surface area contributed by atoms with Gasteiger partial charge in [0.1, 0.15) is 5.56 Å². The van der Waals surface area contributed by atoms with Gasteiger partial charge in [0.05, 0.1) is 6.04 Å². The Kier molecular flexibility index (Phi) is 6.22. The smallest absolute Gasteiger partial charge is 0.344 e. The van der Waals surface area contributed by atoms with Crippen molar-refractivity contribution in [1.82, 2.24) is 10.3 Å². The van der Waals surface area contributed by atoms with Crippen molar-refractivity contribution in [3.63, 3.8) is 0 Å². The summed E-state index contributed by atoms with van der Waals surface area (Å²) in [6.45, 7) is 0.801. The van der Waals surface area contributed by atoms with Crippen LogP contribution in [0.15, 0.2) is 53.5 Å². The van der Waals surface area contributed by atoms with Crippen molar-refractivity contribution in [2.45, 2.75) is 19.4 Å². The van der Waals surface area contributed by atoms with Gasteiger partial charge in [-0.25, -0.2) is 4.79 Å². The predicted molar refractivity (Wildman–Crippen MR) is 90.1 cm³/mol. The van der Waals surface area contributed by atoms with Crippen molar-refractivity contribution >= 4 is 17.7 Å². The van der Waals surface area contributed by atoms with Crippen LogP contribution in [0, 0.1) is 0 Å². The Bertz CT molecular complexity index is 813. The molecule has 2 aromatic rings. The molecule has 0 aliphatic heterocycles. The SMILES string of the molecule is CC(=O)[C@@H](Cc1ccccc1)NC(=O)COC(=O)c1ccc[nH]c1=O. The lowest BCUT2D eigenvalue weighted by Crippen LogP contribution is -2.43. The number of nitrogens with one attached hydrogen (secondary N) is 2. The molecule has 0 aliphatic rings. The third-order valence-corrected chi connectivity index (χ3v) is 3.48. The number of esters is 1. The quantitative estimate of drug-likeness (QED) is 0.726. The van der Waals surface area contributed by atoms with Crippen LogP contribution in [-0.4, -0.2) is 35.3 Å². The molecule has 1 amide bonds. The number of aromatic amines is 1. The molecule has 0 unspecified atom stereocenters. The summed E-state index contributed by atoms with van der Waals surface area (Å²) in [7, 11) is 0. The molecule has 0 aliphatic carbocycles. The number of amides is 1. The number of H-pyrrole nitrogens is 1. The molecule has 0 bridgehead atoms. The number of aromatic nitrogens is 1. The van der Waals surface area contributed by atoms with Gasteiger partial charge < -0.3 is 15.0 Å². The highest BCUT2D eigenvalue weighted by Crippen LogP contribution is 2.04. The van der Waals surface area contributed by atoms with Gasteiger partial charge in [0.2, 0.25) is 0 Å². The Morgan fingerprint density at radius 2 is 1.84 bits per heavy atom. The van der Waals surface area contributed by atoms with Gasteiger partial charge in [-0.15, -0.1) is 0 Å². The van der Waals surface area contributed by atoms with E-state index < -0.39 is 30.1 Å². The van der Waals surface area contributed by atoms with Gasteiger partial charge >= 0.3 is 5.97 Å². The summed E-state index contributed by atoms with van der Waals surface area (Å²) in [5.41, 5.74) is 0.108. The van der Waals surface area contributed by atoms with Crippen LogP contribution in [0.3, 0.4) is 0 Å². The second kappa shape index (κ2) is 8.58. The minimum absolute atomic E-state index is 0.192. The van der Waals surface area contributed by atoms with Gasteiger partial charge in [0, 0.05) is 6.20 Å². The number of carbonyl (C=O) groups excluding carboxylic acids is 3. The van der Waals surface area contributed by atoms with Crippen LogP contribution in [0.4, 0.5) is 0 Å². The molecule has 0 saturated carbocycles. The van der Waals surface area contributed by atoms with E-state index in [0.29, 0.717) is 6.42 Å². The molecule has 2 rings (SSSR count). The number of rotatable bonds is 7. The lowest BCUT2D eigenvalue weighted by Gasteiger charge is -2.16. The van der Waals surface area contributed by atoms with Gasteiger partial charge in [-0.2, -0.15) is 0 Å². The van der Waals surface area contributed by atoms with E-state index in [2.05, 4.69) is 10.3 Å². The molecule has 0 radical (unpaired) electrons. The number of benzene rings is 1. The molecular weight excluding hydrogens is 324 g/mol. The summed E-state index contributed by atoms with van der Waals surface area (Å²) < 4.78 is 4.82. The van der Waals surface area contributed by atoms with Gasteiger partial charge in [0.15, 0.2) is 12.4 Å². The van der Waals surface area contributed by atoms with E-state index in [1.54, 1.807) is 0 Å². The molecule has 0 spiro atoms. The Labute approximate surface area is 144 Å². The molecule has 2 N–H and O–H groups in total. The molecule has 1 aromatic carbocycles. The summed E-state index contributed by atoms with van der Waals surface area (Å²) in [6, 6.07) is 11.3. The highest BCUT2D eigenvalue weighted by Gasteiger charge is 2.19. The molecule has 25 heavy (non-hydrogen) atoms. The lowest BCUT2D eigenvalue weighted by molar-refractivity contribution is -0.128. The maximum Gasteiger partial charge on any atom is 0.344 e. The van der Waals surface area contributed by atoms with E-state index in [9.17, 15) is 19.2 Å². The average Bonchev–Trinajstić information content (AvgIpc) is 2.60. The van der Waals surface area contributed by atoms with Crippen LogP contribution in [0.25, 0.3) is 0 Å². The number of Topliss-reactive ketones (excluding diaryl/α,β-unsaturated/α-hetero) is 1. The van der Waals surface area contributed by atoms with Gasteiger partial charge in [-0.3, -0.25) is 14.4 Å². The molecule has 130 valence electrons. The standard InChI is InChI=1S/C18H18N2O5/c1-12(21)15(10-13-6-3-2-4-7-13)20-16(22)11-25-18(24)14-8-5-9-19-17(14)23/h2-9,15H,10-11H2,1H3,(H,19,23)(H,20,22)/t15-/m1/s1. The minimum Gasteiger partial charge on any atom is -0.452 e. The number of hydrogen-bond donors (Lipinski definition) is 2. The molecule has 1 aromatic heterocycles. The van der Waals surface area contributed by atoms with E-state index in [-0.39, 0.29) is 11.3 Å². The van der Waals surface area contributed by atoms with E-state index in [1.165, 1.54) is 25.3 Å². The Hall–Kier alpha value is -3.22. The first kappa shape index (κ1) is 18.1. The van der Waals surface area contributed by atoms with Gasteiger partial charge in [-0.05, 0) is 31.0 Å². The third-order valence-electron chi connectivity index (χ3n) is 3.48. The summed E-state index contributed by atoms with van der Waals surface area (Å²) in [5.74, 6) is -1.72. The fraction of sp³-hybridized carbons (Fsp3) is 0.222. The van der Waals surface area contributed by atoms with Crippen LogP contribution in [0.2, 0.25) is 0 Å². The molecule has 1 heterocycles. The van der Waals surface area contributed by atoms with E-state index in [0.717, 1.165) is 5.56 Å². The number of hydrogen-bond acceptors (Lipinski definition) is 5. The van der Waals surface area contributed by atoms with Crippen molar-refractivity contribution in [3.8, 4) is 0 Å². The largest absolute Gasteiger partial charge is 0.452 e. The summed E-state index contributed by atoms with van der Waals surface area (Å²) >= 11 is 0. The Morgan fingerprint density at radius 3 is 2.48 bits per heavy atom. The second-order valence-electron chi connectivity index (χ2n) is 5.41. The molecule has 7 nitrogen and oxygen atoms in total. The van der Waals surface area contributed by atoms with E-state index >= 15 is 0 Å². The number of ether oxygens (including phenoxy) is 1. The van der Waals surface area contributed by atoms with Crippen LogP contribution >= 0.6 is 0 Å². The van der Waals surface area contributed by atoms with Crippen LogP contribution in [0.1, 0.15) is 22.8 Å². The minimum atomic E-state index is -0.903. The number of pyridine rings is 1. The van der Waals surface area contributed by atoms with Crippen molar-refractivity contribution < 1.29 is 19.1 Å². The van der Waals surface area contributed by atoms with Crippen LogP contribution in [-0.2, 0) is 20.7 Å². The molecular formula is C18H18N2O5. The lowest BCUT2D eigenvalue weighted by atomic mass is 10.0. The average molecular weight is 342 g/mol. The fourth-order valence-electron chi connectivity index (χ4n) is 2.17. The fourth-order valence-corrected chi connectivity index (χ4v) is 2.17. The van der Waals surface area contributed by atoms with Crippen LogP contribution in [0.5, 0.6) is 0 Å². The molecule has 0 fully saturated rings. The topological polar surface area (TPSA) is 105 Å². The summed E-state index contributed by atoms with van der Waals surface area (Å²) in [4.78, 5) is 49.3. The van der Waals surface area contributed by atoms with Crippen molar-refractivity contribution in [2.24, 2.45) is 0 Å². The zero-order valence-electron chi connectivity index (χ0n) is 13.7. The van der Waals surface area contributed by atoms with E-state index in [4.69, 9.17) is 4.74 Å².